The summed E-state index contributed by atoms with van der Waals surface area (Å²) < 4.78 is 5.09. The molecule has 0 aromatic carbocycles. The lowest BCUT2D eigenvalue weighted by Gasteiger charge is -2.30. The number of ether oxygens (including phenoxy) is 1. The molecule has 0 unspecified atom stereocenters. The molecule has 104 valence electrons. The van der Waals surface area contributed by atoms with Crippen LogP contribution in [0.15, 0.2) is 12.7 Å². The minimum atomic E-state index is -1.33. The van der Waals surface area contributed by atoms with Gasteiger partial charge in [0.1, 0.15) is 11.1 Å². The van der Waals surface area contributed by atoms with Crippen LogP contribution in [0.5, 0.6) is 0 Å². The summed E-state index contributed by atoms with van der Waals surface area (Å²) in [5.74, 6) is -1.07. The third-order valence-corrected chi connectivity index (χ3v) is 2.32. The first-order chi connectivity index (χ1) is 8.17. The molecule has 0 heterocycles. The van der Waals surface area contributed by atoms with E-state index in [2.05, 4.69) is 11.9 Å². The Morgan fingerprint density at radius 2 is 1.94 bits per heavy atom. The van der Waals surface area contributed by atoms with Gasteiger partial charge in [-0.1, -0.05) is 19.4 Å². The minimum Gasteiger partial charge on any atom is -0.479 e. The van der Waals surface area contributed by atoms with Crippen molar-refractivity contribution in [2.45, 2.75) is 58.1 Å². The van der Waals surface area contributed by atoms with Gasteiger partial charge in [0.25, 0.3) is 0 Å². The molecule has 18 heavy (non-hydrogen) atoms. The van der Waals surface area contributed by atoms with Crippen LogP contribution in [0.25, 0.3) is 0 Å². The fourth-order valence-corrected chi connectivity index (χ4v) is 1.64. The molecule has 0 aliphatic rings. The number of carbonyl (C=O) groups excluding carboxylic acids is 1. The van der Waals surface area contributed by atoms with Crippen LogP contribution in [0, 0.1) is 0 Å². The van der Waals surface area contributed by atoms with Crippen LogP contribution in [0.1, 0.15) is 47.0 Å². The molecule has 1 atom stereocenters. The summed E-state index contributed by atoms with van der Waals surface area (Å²) in [6, 6.07) is 0. The second-order valence-corrected chi connectivity index (χ2v) is 5.26. The standard InChI is InChI=1S/C13H23NO4/c1-6-8-13(9-7-2,10(15)16)14-11(17)18-12(3,4)5/h6H,1,7-9H2,2-5H3,(H,14,17)(H,15,16)/t13-/m1/s1. The zero-order valence-electron chi connectivity index (χ0n) is 11.6. The molecule has 0 aromatic heterocycles. The Kier molecular flexibility index (Phi) is 5.88. The second-order valence-electron chi connectivity index (χ2n) is 5.26. The maximum Gasteiger partial charge on any atom is 0.408 e. The van der Waals surface area contributed by atoms with E-state index >= 15 is 0 Å². The second kappa shape index (κ2) is 6.42. The predicted octanol–water partition coefficient (Wildman–Crippen LogP) is 2.71. The predicted molar refractivity (Wildman–Crippen MR) is 69.5 cm³/mol. The Hall–Kier alpha value is -1.52. The maximum absolute atomic E-state index is 11.7. The molecule has 0 spiro atoms. The number of aliphatic carboxylic acids is 1. The zero-order chi connectivity index (χ0) is 14.4. The van der Waals surface area contributed by atoms with Crippen LogP contribution in [-0.2, 0) is 9.53 Å². The molecular formula is C13H23NO4. The molecule has 0 saturated carbocycles. The van der Waals surface area contributed by atoms with Gasteiger partial charge in [0.15, 0.2) is 0 Å². The molecule has 0 bridgehead atoms. The van der Waals surface area contributed by atoms with Crippen LogP contribution in [0.2, 0.25) is 0 Å². The first-order valence-corrected chi connectivity index (χ1v) is 6.02. The van der Waals surface area contributed by atoms with E-state index in [1.54, 1.807) is 20.8 Å². The number of amides is 1. The number of rotatable bonds is 6. The number of hydrogen-bond donors (Lipinski definition) is 2. The third-order valence-electron chi connectivity index (χ3n) is 2.32. The Balaban J connectivity index is 4.92. The van der Waals surface area contributed by atoms with Gasteiger partial charge >= 0.3 is 12.1 Å². The monoisotopic (exact) mass is 257 g/mol. The number of hydrogen-bond acceptors (Lipinski definition) is 3. The number of nitrogens with one attached hydrogen (secondary N) is 1. The fraction of sp³-hybridized carbons (Fsp3) is 0.692. The highest BCUT2D eigenvalue weighted by atomic mass is 16.6. The van der Waals surface area contributed by atoms with E-state index in [9.17, 15) is 14.7 Å². The molecule has 0 aromatic rings. The number of carboxylic acid groups (broad SMARTS) is 1. The lowest BCUT2D eigenvalue weighted by molar-refractivity contribution is -0.145. The van der Waals surface area contributed by atoms with Gasteiger partial charge in [-0.15, -0.1) is 6.58 Å². The van der Waals surface area contributed by atoms with Crippen molar-refractivity contribution < 1.29 is 19.4 Å². The molecule has 2 N–H and O–H groups in total. The molecule has 0 rings (SSSR count). The fourth-order valence-electron chi connectivity index (χ4n) is 1.64. The van der Waals surface area contributed by atoms with E-state index in [1.807, 2.05) is 6.92 Å². The van der Waals surface area contributed by atoms with Crippen LogP contribution >= 0.6 is 0 Å². The zero-order valence-corrected chi connectivity index (χ0v) is 11.6. The first kappa shape index (κ1) is 16.5. The summed E-state index contributed by atoms with van der Waals surface area (Å²) in [7, 11) is 0. The van der Waals surface area contributed by atoms with E-state index < -0.39 is 23.2 Å². The Labute approximate surface area is 108 Å². The molecule has 0 radical (unpaired) electrons. The van der Waals surface area contributed by atoms with Gasteiger partial charge in [-0.3, -0.25) is 0 Å². The Morgan fingerprint density at radius 3 is 2.28 bits per heavy atom. The highest BCUT2D eigenvalue weighted by molar-refractivity contribution is 5.84. The highest BCUT2D eigenvalue weighted by Gasteiger charge is 2.39. The van der Waals surface area contributed by atoms with Crippen molar-refractivity contribution in [1.82, 2.24) is 5.32 Å². The van der Waals surface area contributed by atoms with Gasteiger partial charge in [-0.2, -0.15) is 0 Å². The summed E-state index contributed by atoms with van der Waals surface area (Å²) in [6.45, 7) is 10.6. The van der Waals surface area contributed by atoms with E-state index in [-0.39, 0.29) is 6.42 Å². The van der Waals surface area contributed by atoms with Gasteiger partial charge < -0.3 is 15.2 Å². The largest absolute Gasteiger partial charge is 0.479 e. The van der Waals surface area contributed by atoms with E-state index in [0.717, 1.165) is 0 Å². The summed E-state index contributed by atoms with van der Waals surface area (Å²) in [6.07, 6.45) is 1.89. The van der Waals surface area contributed by atoms with E-state index in [0.29, 0.717) is 12.8 Å². The topological polar surface area (TPSA) is 75.6 Å². The lowest BCUT2D eigenvalue weighted by Crippen LogP contribution is -2.55. The smallest absolute Gasteiger partial charge is 0.408 e. The average Bonchev–Trinajstić information content (AvgIpc) is 2.14. The van der Waals surface area contributed by atoms with E-state index in [1.165, 1.54) is 6.08 Å². The molecule has 5 nitrogen and oxygen atoms in total. The summed E-state index contributed by atoms with van der Waals surface area (Å²) in [5, 5.41) is 11.8. The number of alkyl carbamates (subject to hydrolysis) is 1. The van der Waals surface area contributed by atoms with Crippen LogP contribution in [-0.4, -0.2) is 28.3 Å². The molecule has 0 saturated heterocycles. The van der Waals surface area contributed by atoms with Gasteiger partial charge in [0, 0.05) is 0 Å². The van der Waals surface area contributed by atoms with Crippen molar-refractivity contribution >= 4 is 12.1 Å². The first-order valence-electron chi connectivity index (χ1n) is 6.02. The molecule has 0 aliphatic heterocycles. The quantitative estimate of drug-likeness (QED) is 0.717. The molecule has 5 heteroatoms. The molecule has 1 amide bonds. The van der Waals surface area contributed by atoms with Crippen molar-refractivity contribution in [2.24, 2.45) is 0 Å². The maximum atomic E-state index is 11.7. The van der Waals surface area contributed by atoms with E-state index in [4.69, 9.17) is 4.74 Å². The summed E-state index contributed by atoms with van der Waals surface area (Å²) in [5.41, 5.74) is -1.99. The minimum absolute atomic E-state index is 0.162. The number of carbonyl (C=O) groups is 2. The van der Waals surface area contributed by atoms with Crippen molar-refractivity contribution in [3.63, 3.8) is 0 Å². The summed E-state index contributed by atoms with van der Waals surface area (Å²) in [4.78, 5) is 23.1. The van der Waals surface area contributed by atoms with Gasteiger partial charge in [0.2, 0.25) is 0 Å². The third kappa shape index (κ3) is 5.21. The van der Waals surface area contributed by atoms with Crippen molar-refractivity contribution in [1.29, 1.82) is 0 Å². The molecular weight excluding hydrogens is 234 g/mol. The Bertz CT molecular complexity index is 319. The average molecular weight is 257 g/mol. The van der Waals surface area contributed by atoms with Crippen LogP contribution in [0.4, 0.5) is 4.79 Å². The highest BCUT2D eigenvalue weighted by Crippen LogP contribution is 2.20. The normalized spacial score (nSPS) is 14.4. The molecule has 0 fully saturated rings. The lowest BCUT2D eigenvalue weighted by atomic mass is 9.90. The van der Waals surface area contributed by atoms with Crippen molar-refractivity contribution in [2.75, 3.05) is 0 Å². The van der Waals surface area contributed by atoms with Crippen LogP contribution < -0.4 is 5.32 Å². The SMILES string of the molecule is C=CC[C@](CCC)(NC(=O)OC(C)(C)C)C(=O)O. The van der Waals surface area contributed by atoms with Crippen molar-refractivity contribution in [3.8, 4) is 0 Å². The van der Waals surface area contributed by atoms with Gasteiger partial charge in [-0.05, 0) is 33.6 Å². The Morgan fingerprint density at radius 1 is 1.39 bits per heavy atom. The number of carboxylic acids is 1. The van der Waals surface area contributed by atoms with Crippen LogP contribution in [0.3, 0.4) is 0 Å². The van der Waals surface area contributed by atoms with Gasteiger partial charge in [-0.25, -0.2) is 9.59 Å². The van der Waals surface area contributed by atoms with Crippen molar-refractivity contribution in [3.05, 3.63) is 12.7 Å². The summed E-state index contributed by atoms with van der Waals surface area (Å²) >= 11 is 0. The van der Waals surface area contributed by atoms with Gasteiger partial charge in [0.05, 0.1) is 0 Å². The molecule has 0 aliphatic carbocycles.